The Labute approximate surface area is 206 Å². The van der Waals surface area contributed by atoms with E-state index >= 15 is 0 Å². The van der Waals surface area contributed by atoms with Gasteiger partial charge in [-0.2, -0.15) is 0 Å². The summed E-state index contributed by atoms with van der Waals surface area (Å²) in [7, 11) is 0. The van der Waals surface area contributed by atoms with Gasteiger partial charge in [-0.1, -0.05) is 35.9 Å². The van der Waals surface area contributed by atoms with E-state index in [-0.39, 0.29) is 35.8 Å². The highest BCUT2D eigenvalue weighted by molar-refractivity contribution is 6.30. The molecule has 3 rings (SSSR count). The van der Waals surface area contributed by atoms with Gasteiger partial charge in [0.1, 0.15) is 5.82 Å². The van der Waals surface area contributed by atoms with Gasteiger partial charge >= 0.3 is 6.03 Å². The SMILES string of the molecule is CCNC(=O)NCC(CC(=O)N1C[C@H](C)N(Cc2ccc(F)cc2)C[C@H]1C)c1ccc(Cl)cc1. The first-order valence-corrected chi connectivity index (χ1v) is 12.2. The number of piperazine rings is 1. The highest BCUT2D eigenvalue weighted by Crippen LogP contribution is 2.25. The summed E-state index contributed by atoms with van der Waals surface area (Å²) in [6.07, 6.45) is 0.295. The molecule has 34 heavy (non-hydrogen) atoms. The minimum atomic E-state index is -0.245. The first kappa shape index (κ1) is 26.0. The van der Waals surface area contributed by atoms with Crippen LogP contribution in [0.25, 0.3) is 0 Å². The summed E-state index contributed by atoms with van der Waals surface area (Å²) < 4.78 is 13.2. The minimum absolute atomic E-state index is 0.0476. The van der Waals surface area contributed by atoms with Crippen molar-refractivity contribution in [3.8, 4) is 0 Å². The van der Waals surface area contributed by atoms with Crippen LogP contribution >= 0.6 is 11.6 Å². The van der Waals surface area contributed by atoms with E-state index in [1.54, 1.807) is 12.1 Å². The molecule has 0 bridgehead atoms. The van der Waals surface area contributed by atoms with Crippen molar-refractivity contribution < 1.29 is 14.0 Å². The molecule has 2 aromatic rings. The summed E-state index contributed by atoms with van der Waals surface area (Å²) >= 11 is 6.05. The Morgan fingerprint density at radius 2 is 1.71 bits per heavy atom. The van der Waals surface area contributed by atoms with Gasteiger partial charge in [-0.3, -0.25) is 9.69 Å². The van der Waals surface area contributed by atoms with Gasteiger partial charge < -0.3 is 15.5 Å². The maximum atomic E-state index is 13.4. The Morgan fingerprint density at radius 3 is 2.35 bits per heavy atom. The van der Waals surface area contributed by atoms with E-state index in [2.05, 4.69) is 29.4 Å². The van der Waals surface area contributed by atoms with Crippen LogP contribution in [0.2, 0.25) is 5.02 Å². The lowest BCUT2D eigenvalue weighted by Crippen LogP contribution is -2.57. The van der Waals surface area contributed by atoms with Crippen LogP contribution in [-0.2, 0) is 11.3 Å². The van der Waals surface area contributed by atoms with E-state index in [0.29, 0.717) is 31.1 Å². The topological polar surface area (TPSA) is 64.7 Å². The largest absolute Gasteiger partial charge is 0.338 e. The molecule has 0 spiro atoms. The lowest BCUT2D eigenvalue weighted by Gasteiger charge is -2.44. The zero-order valence-corrected chi connectivity index (χ0v) is 20.8. The number of nitrogens with one attached hydrogen (secondary N) is 2. The Morgan fingerprint density at radius 1 is 1.03 bits per heavy atom. The van der Waals surface area contributed by atoms with Crippen LogP contribution in [0.15, 0.2) is 48.5 Å². The van der Waals surface area contributed by atoms with Gasteiger partial charge in [-0.25, -0.2) is 9.18 Å². The second kappa shape index (κ2) is 12.2. The number of hydrogen-bond donors (Lipinski definition) is 2. The minimum Gasteiger partial charge on any atom is -0.338 e. The van der Waals surface area contributed by atoms with Gasteiger partial charge in [0.05, 0.1) is 0 Å². The predicted octanol–water partition coefficient (Wildman–Crippen LogP) is 4.39. The standard InChI is InChI=1S/C26H34ClFN4O2/c1-4-29-26(34)30-14-22(21-7-9-23(27)10-8-21)13-25(33)32-16-18(2)31(15-19(32)3)17-20-5-11-24(28)12-6-20/h5-12,18-19,22H,4,13-17H2,1-3H3,(H2,29,30,34)/t18-,19+,22?/m0/s1. The van der Waals surface area contributed by atoms with Gasteiger partial charge in [-0.15, -0.1) is 0 Å². The molecule has 1 fully saturated rings. The Balaban J connectivity index is 1.65. The molecule has 0 aromatic heterocycles. The smallest absolute Gasteiger partial charge is 0.314 e. The van der Waals surface area contributed by atoms with Crippen molar-refractivity contribution in [2.45, 2.75) is 51.7 Å². The molecule has 1 aliphatic heterocycles. The molecular weight excluding hydrogens is 455 g/mol. The quantitative estimate of drug-likeness (QED) is 0.579. The Hall–Kier alpha value is -2.64. The molecule has 2 N–H and O–H groups in total. The molecule has 3 atom stereocenters. The van der Waals surface area contributed by atoms with E-state index in [1.807, 2.05) is 36.1 Å². The maximum Gasteiger partial charge on any atom is 0.314 e. The third-order valence-corrected chi connectivity index (χ3v) is 6.60. The normalized spacial score (nSPS) is 19.5. The number of carbonyl (C=O) groups excluding carboxylic acids is 2. The fraction of sp³-hybridized carbons (Fsp3) is 0.462. The van der Waals surface area contributed by atoms with Crippen LogP contribution in [0.4, 0.5) is 9.18 Å². The highest BCUT2D eigenvalue weighted by atomic mass is 35.5. The van der Waals surface area contributed by atoms with E-state index < -0.39 is 0 Å². The second-order valence-corrected chi connectivity index (χ2v) is 9.43. The zero-order valence-electron chi connectivity index (χ0n) is 20.1. The number of benzene rings is 2. The molecule has 6 nitrogen and oxygen atoms in total. The molecule has 1 aliphatic rings. The number of hydrogen-bond acceptors (Lipinski definition) is 3. The van der Waals surface area contributed by atoms with Crippen molar-refractivity contribution >= 4 is 23.5 Å². The number of amides is 3. The summed E-state index contributed by atoms with van der Waals surface area (Å²) in [6.45, 7) is 9.01. The van der Waals surface area contributed by atoms with E-state index in [4.69, 9.17) is 11.6 Å². The van der Waals surface area contributed by atoms with E-state index in [1.165, 1.54) is 12.1 Å². The van der Waals surface area contributed by atoms with Crippen LogP contribution in [0.1, 0.15) is 44.2 Å². The molecule has 0 aliphatic carbocycles. The molecular formula is C26H34ClFN4O2. The summed E-state index contributed by atoms with van der Waals surface area (Å²) in [5, 5.41) is 6.23. The van der Waals surface area contributed by atoms with Crippen LogP contribution in [0, 0.1) is 5.82 Å². The monoisotopic (exact) mass is 488 g/mol. The molecule has 184 valence electrons. The predicted molar refractivity (Wildman–Crippen MR) is 133 cm³/mol. The number of rotatable bonds is 8. The average Bonchev–Trinajstić information content (AvgIpc) is 2.81. The number of nitrogens with zero attached hydrogens (tertiary/aromatic N) is 2. The fourth-order valence-electron chi connectivity index (χ4n) is 4.40. The van der Waals surface area contributed by atoms with Gasteiger partial charge in [0.15, 0.2) is 0 Å². The highest BCUT2D eigenvalue weighted by Gasteiger charge is 2.33. The number of carbonyl (C=O) groups is 2. The second-order valence-electron chi connectivity index (χ2n) is 8.99. The van der Waals surface area contributed by atoms with Crippen LogP contribution in [0.3, 0.4) is 0 Å². The lowest BCUT2D eigenvalue weighted by atomic mass is 9.94. The maximum absolute atomic E-state index is 13.4. The molecule has 1 heterocycles. The molecule has 0 radical (unpaired) electrons. The Kier molecular flexibility index (Phi) is 9.30. The lowest BCUT2D eigenvalue weighted by molar-refractivity contribution is -0.137. The summed E-state index contributed by atoms with van der Waals surface area (Å²) in [6, 6.07) is 14.0. The number of urea groups is 1. The van der Waals surface area contributed by atoms with Gasteiger partial charge in [0, 0.05) is 62.2 Å². The van der Waals surface area contributed by atoms with Gasteiger partial charge in [0.2, 0.25) is 5.91 Å². The molecule has 1 unspecified atom stereocenters. The molecule has 1 saturated heterocycles. The zero-order chi connectivity index (χ0) is 24.7. The van der Waals surface area contributed by atoms with Crippen molar-refractivity contribution in [2.75, 3.05) is 26.2 Å². The van der Waals surface area contributed by atoms with Crippen LogP contribution < -0.4 is 10.6 Å². The van der Waals surface area contributed by atoms with Crippen LogP contribution in [-0.4, -0.2) is 60.0 Å². The molecule has 8 heteroatoms. The first-order chi connectivity index (χ1) is 16.3. The molecule has 3 amide bonds. The van der Waals surface area contributed by atoms with Crippen molar-refractivity contribution in [3.05, 3.63) is 70.5 Å². The first-order valence-electron chi connectivity index (χ1n) is 11.8. The van der Waals surface area contributed by atoms with Gasteiger partial charge in [0.25, 0.3) is 0 Å². The van der Waals surface area contributed by atoms with Gasteiger partial charge in [-0.05, 0) is 56.2 Å². The third kappa shape index (κ3) is 7.18. The summed E-state index contributed by atoms with van der Waals surface area (Å²) in [5.74, 6) is -0.331. The summed E-state index contributed by atoms with van der Waals surface area (Å²) in [4.78, 5) is 29.6. The molecule has 2 aromatic carbocycles. The number of halogens is 2. The average molecular weight is 489 g/mol. The van der Waals surface area contributed by atoms with Crippen molar-refractivity contribution in [1.29, 1.82) is 0 Å². The third-order valence-electron chi connectivity index (χ3n) is 6.34. The van der Waals surface area contributed by atoms with Crippen molar-refractivity contribution in [1.82, 2.24) is 20.4 Å². The van der Waals surface area contributed by atoms with Crippen molar-refractivity contribution in [3.63, 3.8) is 0 Å². The van der Waals surface area contributed by atoms with Crippen molar-refractivity contribution in [2.24, 2.45) is 0 Å². The summed E-state index contributed by atoms with van der Waals surface area (Å²) in [5.41, 5.74) is 2.02. The van der Waals surface area contributed by atoms with E-state index in [0.717, 1.165) is 24.2 Å². The molecule has 0 saturated carbocycles. The Bertz CT molecular complexity index is 954. The fourth-order valence-corrected chi connectivity index (χ4v) is 4.53. The van der Waals surface area contributed by atoms with E-state index in [9.17, 15) is 14.0 Å². The van der Waals surface area contributed by atoms with Crippen LogP contribution in [0.5, 0.6) is 0 Å².